The molecule has 0 aromatic carbocycles. The quantitative estimate of drug-likeness (QED) is 0.416. The summed E-state index contributed by atoms with van der Waals surface area (Å²) in [4.78, 5) is 0. The molecule has 1 N–H and O–H groups in total. The molecule has 54 valence electrons. The number of hydrogen-bond donors (Lipinski definition) is 1. The number of rotatable bonds is 0. The molecule has 0 aliphatic heterocycles. The smallest absolute Gasteiger partial charge is 0.0570 e. The molecular weight excluding hydrogens is 138 g/mol. The average Bonchev–Trinajstić information content (AvgIpc) is 1.90. The van der Waals surface area contributed by atoms with Crippen molar-refractivity contribution >= 4 is 18.1 Å². The standard InChI is InChI=1S/C6H11NO.ClH/c8-7-6-4-2-1-3-5-6;/h8H,1-5H2;1H. The summed E-state index contributed by atoms with van der Waals surface area (Å²) in [6, 6.07) is 0. The van der Waals surface area contributed by atoms with Gasteiger partial charge in [0.25, 0.3) is 0 Å². The molecule has 1 aliphatic rings. The second-order valence-electron chi connectivity index (χ2n) is 2.23. The van der Waals surface area contributed by atoms with Crippen molar-refractivity contribution in [3.05, 3.63) is 0 Å². The van der Waals surface area contributed by atoms with Gasteiger partial charge in [-0.1, -0.05) is 11.6 Å². The van der Waals surface area contributed by atoms with Gasteiger partial charge in [0.1, 0.15) is 0 Å². The van der Waals surface area contributed by atoms with Gasteiger partial charge in [-0.3, -0.25) is 0 Å². The maximum Gasteiger partial charge on any atom is 0.0570 e. The van der Waals surface area contributed by atoms with Gasteiger partial charge < -0.3 is 5.21 Å². The van der Waals surface area contributed by atoms with Crippen molar-refractivity contribution < 1.29 is 5.21 Å². The van der Waals surface area contributed by atoms with E-state index >= 15 is 0 Å². The van der Waals surface area contributed by atoms with E-state index in [1.165, 1.54) is 19.3 Å². The van der Waals surface area contributed by atoms with E-state index in [2.05, 4.69) is 5.16 Å². The Morgan fingerprint density at radius 1 is 1.11 bits per heavy atom. The average molecular weight is 150 g/mol. The molecule has 9 heavy (non-hydrogen) atoms. The Balaban J connectivity index is 0.000000640. The minimum Gasteiger partial charge on any atom is -0.411 e. The predicted molar refractivity (Wildman–Crippen MR) is 39.6 cm³/mol. The molecular formula is C6H12ClNO. The molecule has 0 unspecified atom stereocenters. The first-order chi connectivity index (χ1) is 3.93. The van der Waals surface area contributed by atoms with Gasteiger partial charge in [0.2, 0.25) is 0 Å². The lowest BCUT2D eigenvalue weighted by Gasteiger charge is -2.08. The Morgan fingerprint density at radius 2 is 1.67 bits per heavy atom. The van der Waals surface area contributed by atoms with Crippen molar-refractivity contribution in [1.29, 1.82) is 0 Å². The van der Waals surface area contributed by atoms with Gasteiger partial charge in [0.05, 0.1) is 5.71 Å². The van der Waals surface area contributed by atoms with Gasteiger partial charge in [-0.2, -0.15) is 0 Å². The topological polar surface area (TPSA) is 32.6 Å². The highest BCUT2D eigenvalue weighted by molar-refractivity contribution is 5.85. The number of oxime groups is 1. The molecule has 0 atom stereocenters. The second-order valence-corrected chi connectivity index (χ2v) is 2.23. The minimum absolute atomic E-state index is 0. The van der Waals surface area contributed by atoms with E-state index in [1.807, 2.05) is 0 Å². The van der Waals surface area contributed by atoms with E-state index in [9.17, 15) is 0 Å². The van der Waals surface area contributed by atoms with Crippen LogP contribution in [0.3, 0.4) is 0 Å². The highest BCUT2D eigenvalue weighted by atomic mass is 35.5. The van der Waals surface area contributed by atoms with Gasteiger partial charge in [-0.05, 0) is 25.7 Å². The molecule has 0 spiro atoms. The lowest BCUT2D eigenvalue weighted by Crippen LogP contribution is -2.03. The first-order valence-corrected chi connectivity index (χ1v) is 3.13. The van der Waals surface area contributed by atoms with Gasteiger partial charge in [-0.25, -0.2) is 0 Å². The Bertz CT molecular complexity index is 95.2. The van der Waals surface area contributed by atoms with E-state index in [0.29, 0.717) is 0 Å². The van der Waals surface area contributed by atoms with Crippen LogP contribution < -0.4 is 0 Å². The Labute approximate surface area is 61.4 Å². The zero-order valence-corrected chi connectivity index (χ0v) is 6.15. The first kappa shape index (κ1) is 8.76. The van der Waals surface area contributed by atoms with Gasteiger partial charge in [-0.15, -0.1) is 12.4 Å². The molecule has 2 nitrogen and oxygen atoms in total. The highest BCUT2D eigenvalue weighted by Crippen LogP contribution is 2.13. The van der Waals surface area contributed by atoms with Crippen LogP contribution in [0.4, 0.5) is 0 Å². The monoisotopic (exact) mass is 149 g/mol. The van der Waals surface area contributed by atoms with E-state index in [0.717, 1.165) is 18.6 Å². The number of halogens is 1. The molecule has 3 heteroatoms. The van der Waals surface area contributed by atoms with Gasteiger partial charge in [0, 0.05) is 0 Å². The number of hydrogen-bond acceptors (Lipinski definition) is 2. The van der Waals surface area contributed by atoms with Crippen LogP contribution in [0.15, 0.2) is 5.16 Å². The summed E-state index contributed by atoms with van der Waals surface area (Å²) in [7, 11) is 0. The summed E-state index contributed by atoms with van der Waals surface area (Å²) in [6.07, 6.45) is 5.74. The van der Waals surface area contributed by atoms with E-state index in [-0.39, 0.29) is 12.4 Å². The molecule has 0 aromatic rings. The van der Waals surface area contributed by atoms with Crippen LogP contribution in [-0.4, -0.2) is 10.9 Å². The highest BCUT2D eigenvalue weighted by Gasteiger charge is 2.05. The molecule has 0 radical (unpaired) electrons. The summed E-state index contributed by atoms with van der Waals surface area (Å²) in [6.45, 7) is 0. The Hall–Kier alpha value is -0.240. The minimum atomic E-state index is 0. The zero-order valence-electron chi connectivity index (χ0n) is 5.34. The molecule has 0 amide bonds. The molecule has 1 rings (SSSR count). The van der Waals surface area contributed by atoms with Crippen LogP contribution in [0.1, 0.15) is 32.1 Å². The zero-order chi connectivity index (χ0) is 5.82. The van der Waals surface area contributed by atoms with Crippen LogP contribution in [0, 0.1) is 0 Å². The fourth-order valence-corrected chi connectivity index (χ4v) is 1.06. The largest absolute Gasteiger partial charge is 0.411 e. The van der Waals surface area contributed by atoms with Crippen LogP contribution in [-0.2, 0) is 0 Å². The third-order valence-electron chi connectivity index (χ3n) is 1.57. The molecule has 0 saturated heterocycles. The fraction of sp³-hybridized carbons (Fsp3) is 0.833. The van der Waals surface area contributed by atoms with Crippen LogP contribution in [0.25, 0.3) is 0 Å². The van der Waals surface area contributed by atoms with Crippen LogP contribution in [0.5, 0.6) is 0 Å². The molecule has 1 fully saturated rings. The van der Waals surface area contributed by atoms with Crippen molar-refractivity contribution in [3.8, 4) is 0 Å². The molecule has 1 saturated carbocycles. The summed E-state index contributed by atoms with van der Waals surface area (Å²) in [5.74, 6) is 0. The predicted octanol–water partition coefficient (Wildman–Crippen LogP) is 2.20. The van der Waals surface area contributed by atoms with Crippen LogP contribution in [0.2, 0.25) is 0 Å². The summed E-state index contributed by atoms with van der Waals surface area (Å²) >= 11 is 0. The summed E-state index contributed by atoms with van der Waals surface area (Å²) in [5, 5.41) is 11.4. The molecule has 0 heterocycles. The third-order valence-corrected chi connectivity index (χ3v) is 1.57. The lowest BCUT2D eigenvalue weighted by atomic mass is 9.99. The van der Waals surface area contributed by atoms with Crippen molar-refractivity contribution in [3.63, 3.8) is 0 Å². The second kappa shape index (κ2) is 4.62. The normalized spacial score (nSPS) is 18.4. The van der Waals surface area contributed by atoms with E-state index < -0.39 is 0 Å². The van der Waals surface area contributed by atoms with Crippen molar-refractivity contribution in [2.75, 3.05) is 0 Å². The van der Waals surface area contributed by atoms with Gasteiger partial charge >= 0.3 is 0 Å². The van der Waals surface area contributed by atoms with Crippen LogP contribution >= 0.6 is 12.4 Å². The molecule has 0 aromatic heterocycles. The Kier molecular flexibility index (Phi) is 4.50. The van der Waals surface area contributed by atoms with Gasteiger partial charge in [0.15, 0.2) is 0 Å². The Morgan fingerprint density at radius 3 is 2.00 bits per heavy atom. The first-order valence-electron chi connectivity index (χ1n) is 3.13. The van der Waals surface area contributed by atoms with Crippen molar-refractivity contribution in [2.24, 2.45) is 5.16 Å². The van der Waals surface area contributed by atoms with Crippen molar-refractivity contribution in [2.45, 2.75) is 32.1 Å². The molecule has 1 aliphatic carbocycles. The number of nitrogens with zero attached hydrogens (tertiary/aromatic N) is 1. The fourth-order valence-electron chi connectivity index (χ4n) is 1.06. The third kappa shape index (κ3) is 2.70. The maximum absolute atomic E-state index is 8.28. The maximum atomic E-state index is 8.28. The SMILES string of the molecule is Cl.ON=C1CCCCC1. The van der Waals surface area contributed by atoms with Crippen molar-refractivity contribution in [1.82, 2.24) is 0 Å². The molecule has 0 bridgehead atoms. The van der Waals surface area contributed by atoms with E-state index in [1.54, 1.807) is 0 Å². The lowest BCUT2D eigenvalue weighted by molar-refractivity contribution is 0.314. The summed E-state index contributed by atoms with van der Waals surface area (Å²) < 4.78 is 0. The summed E-state index contributed by atoms with van der Waals surface area (Å²) in [5.41, 5.74) is 0.983. The van der Waals surface area contributed by atoms with E-state index in [4.69, 9.17) is 5.21 Å².